The maximum absolute atomic E-state index is 10.9. The molecule has 4 saturated heterocycles. The van der Waals surface area contributed by atoms with E-state index < -0.39 is 22.1 Å². The third-order valence-corrected chi connectivity index (χ3v) is 15.8. The first-order valence-corrected chi connectivity index (χ1v) is 26.5. The van der Waals surface area contributed by atoms with Gasteiger partial charge in [0.05, 0.1) is 34.3 Å². The molecule has 14 nitrogen and oxygen atoms in total. The third kappa shape index (κ3) is 12.3. The van der Waals surface area contributed by atoms with Crippen LogP contribution in [-0.2, 0) is 12.8 Å². The van der Waals surface area contributed by atoms with Crippen molar-refractivity contribution in [3.05, 3.63) is 199 Å². The second kappa shape index (κ2) is 24.9. The molecule has 4 heterocycles. The smallest absolute Gasteiger partial charge is 0.269 e. The van der Waals surface area contributed by atoms with Gasteiger partial charge in [0.1, 0.15) is 0 Å². The highest BCUT2D eigenvalue weighted by Crippen LogP contribution is 2.48. The minimum atomic E-state index is -0.418. The Morgan fingerprint density at radius 3 is 0.932 bits per heavy atom. The average Bonchev–Trinajstić information content (AvgIpc) is 4.30. The molecule has 0 amide bonds. The Hall–Kier alpha value is -6.20. The molecule has 8 atom stereocenters. The zero-order valence-corrected chi connectivity index (χ0v) is 41.8. The summed E-state index contributed by atoms with van der Waals surface area (Å²) in [5, 5.41) is 76.1. The van der Waals surface area contributed by atoms with E-state index in [0.717, 1.165) is 88.7 Å². The van der Waals surface area contributed by atoms with Gasteiger partial charge in [-0.05, 0) is 146 Å². The summed E-state index contributed by atoms with van der Waals surface area (Å²) >= 11 is 0. The number of nitrogens with zero attached hydrogens (tertiary/aromatic N) is 2. The molecule has 8 N–H and O–H groups in total. The monoisotopic (exact) mass is 1000 g/mol. The Morgan fingerprint density at radius 2 is 0.676 bits per heavy atom. The van der Waals surface area contributed by atoms with Gasteiger partial charge in [-0.15, -0.1) is 0 Å². The molecule has 0 spiro atoms. The van der Waals surface area contributed by atoms with Crippen LogP contribution in [0, 0.1) is 20.2 Å². The summed E-state index contributed by atoms with van der Waals surface area (Å²) in [6.45, 7) is 3.97. The molecule has 0 unspecified atom stereocenters. The van der Waals surface area contributed by atoms with Gasteiger partial charge in [-0.25, -0.2) is 0 Å². The van der Waals surface area contributed by atoms with Crippen LogP contribution in [0.1, 0.15) is 96.6 Å². The van der Waals surface area contributed by atoms with Crippen molar-refractivity contribution in [1.82, 2.24) is 21.3 Å². The van der Waals surface area contributed by atoms with E-state index in [0.29, 0.717) is 12.8 Å². The van der Waals surface area contributed by atoms with Crippen LogP contribution in [0.4, 0.5) is 11.4 Å². The molecule has 6 aromatic rings. The fourth-order valence-corrected chi connectivity index (χ4v) is 12.0. The van der Waals surface area contributed by atoms with Gasteiger partial charge in [-0.1, -0.05) is 121 Å². The summed E-state index contributed by atoms with van der Waals surface area (Å²) in [4.78, 5) is 20.1. The second-order valence-corrected chi connectivity index (χ2v) is 20.5. The minimum Gasteiger partial charge on any atom is -0.391 e. The maximum atomic E-state index is 10.9. The first-order valence-electron chi connectivity index (χ1n) is 26.5. The van der Waals surface area contributed by atoms with E-state index in [4.69, 9.17) is 0 Å². The quantitative estimate of drug-likeness (QED) is 0.0429. The number of nitro groups is 2. The van der Waals surface area contributed by atoms with Gasteiger partial charge < -0.3 is 41.7 Å². The van der Waals surface area contributed by atoms with Crippen LogP contribution < -0.4 is 21.3 Å². The van der Waals surface area contributed by atoms with E-state index in [1.54, 1.807) is 24.3 Å². The fourth-order valence-electron chi connectivity index (χ4n) is 12.0. The molecule has 4 fully saturated rings. The summed E-state index contributed by atoms with van der Waals surface area (Å²) in [6.07, 6.45) is 8.21. The van der Waals surface area contributed by atoms with Crippen LogP contribution in [0.15, 0.2) is 146 Å². The van der Waals surface area contributed by atoms with Crippen molar-refractivity contribution in [3.63, 3.8) is 0 Å². The molecule has 2 aliphatic carbocycles. The van der Waals surface area contributed by atoms with Crippen molar-refractivity contribution in [2.75, 3.05) is 26.2 Å². The van der Waals surface area contributed by atoms with E-state index in [2.05, 4.69) is 118 Å². The number of aliphatic hydroxyl groups excluding tert-OH is 4. The SMILES string of the molecule is O=[N+]([O-])c1ccc(C[C@@H](O)[C@@H]2CCCN2)cc1.O=[N+]([O-])c1ccc(C[C@H](O)[C@H]2CCCN2)cc1.O[C@@H](C1c2ccccc2-c2ccccc21)[C@H]1CCCN1.O[C@H](C1c2ccccc2-c2ccccc21)[C@@H]1CCCN1. The lowest BCUT2D eigenvalue weighted by Gasteiger charge is -2.26. The lowest BCUT2D eigenvalue weighted by molar-refractivity contribution is -0.385. The van der Waals surface area contributed by atoms with Crippen LogP contribution in [0.2, 0.25) is 0 Å². The molecule has 74 heavy (non-hydrogen) atoms. The normalized spacial score (nSPS) is 22.0. The standard InChI is InChI=1S/2C18H19NO.2C12H16N2O3/c2*20-18(16-10-5-11-19-16)17-14-8-3-1-6-12(14)13-7-2-4-9-15(13)17;2*15-12(11-2-1-7-13-11)8-9-3-5-10(6-4-9)14(16)17/h2*1-4,6-9,16-20H,5,10-11H2;2*3-6,11-13,15H,1-2,7-8H2/t2*16-,18-;2*11-,12+/m1010/s1. The third-order valence-electron chi connectivity index (χ3n) is 15.8. The Bertz CT molecular complexity index is 2510. The van der Waals surface area contributed by atoms with Gasteiger partial charge in [0.15, 0.2) is 0 Å². The number of rotatable bonds is 12. The number of aliphatic hydroxyl groups is 4. The lowest BCUT2D eigenvalue weighted by atomic mass is 9.87. The molecule has 6 aliphatic rings. The minimum absolute atomic E-state index is 0.0854. The van der Waals surface area contributed by atoms with E-state index in [1.807, 2.05) is 0 Å². The van der Waals surface area contributed by atoms with Gasteiger partial charge in [0.25, 0.3) is 11.4 Å². The van der Waals surface area contributed by atoms with Gasteiger partial charge in [-0.3, -0.25) is 20.2 Å². The van der Waals surface area contributed by atoms with Gasteiger partial charge in [-0.2, -0.15) is 0 Å². The van der Waals surface area contributed by atoms with E-state index in [1.165, 1.54) is 68.8 Å². The van der Waals surface area contributed by atoms with Crippen LogP contribution in [0.25, 0.3) is 22.3 Å². The van der Waals surface area contributed by atoms with E-state index in [-0.39, 0.29) is 59.6 Å². The molecule has 0 radical (unpaired) electrons. The number of hydrogen-bond acceptors (Lipinski definition) is 12. The van der Waals surface area contributed by atoms with E-state index in [9.17, 15) is 40.7 Å². The molecule has 0 saturated carbocycles. The largest absolute Gasteiger partial charge is 0.391 e. The molecular formula is C60H70N6O8. The van der Waals surface area contributed by atoms with Crippen LogP contribution in [0.5, 0.6) is 0 Å². The molecule has 4 aliphatic heterocycles. The molecule has 14 heteroatoms. The van der Waals surface area contributed by atoms with Crippen LogP contribution >= 0.6 is 0 Å². The van der Waals surface area contributed by atoms with Crippen molar-refractivity contribution < 1.29 is 30.3 Å². The summed E-state index contributed by atoms with van der Waals surface area (Å²) in [7, 11) is 0. The molecule has 0 aromatic heterocycles. The molecule has 12 rings (SSSR count). The van der Waals surface area contributed by atoms with Crippen molar-refractivity contribution in [3.8, 4) is 22.3 Å². The Labute approximate surface area is 433 Å². The van der Waals surface area contributed by atoms with Gasteiger partial charge >= 0.3 is 0 Å². The maximum Gasteiger partial charge on any atom is 0.269 e. The number of nitrogens with one attached hydrogen (secondary N) is 4. The number of benzene rings is 6. The highest BCUT2D eigenvalue weighted by atomic mass is 16.6. The van der Waals surface area contributed by atoms with Crippen molar-refractivity contribution in [2.45, 2.75) is 125 Å². The summed E-state index contributed by atoms with van der Waals surface area (Å²) < 4.78 is 0. The average molecular weight is 1000 g/mol. The van der Waals surface area contributed by atoms with Crippen molar-refractivity contribution >= 4 is 11.4 Å². The molecule has 6 aromatic carbocycles. The zero-order valence-electron chi connectivity index (χ0n) is 41.8. The highest BCUT2D eigenvalue weighted by molar-refractivity contribution is 5.80. The van der Waals surface area contributed by atoms with Crippen LogP contribution in [0.3, 0.4) is 0 Å². The number of hydrogen-bond donors (Lipinski definition) is 8. The number of non-ortho nitro benzene ring substituents is 2. The Balaban J connectivity index is 0.000000122. The Kier molecular flexibility index (Phi) is 17.7. The lowest BCUT2D eigenvalue weighted by Crippen LogP contribution is -2.38. The molecule has 0 bridgehead atoms. The van der Waals surface area contributed by atoms with Crippen LogP contribution in [-0.4, -0.2) is 105 Å². The number of fused-ring (bicyclic) bond motifs is 6. The zero-order chi connectivity index (χ0) is 51.6. The van der Waals surface area contributed by atoms with E-state index >= 15 is 0 Å². The second-order valence-electron chi connectivity index (χ2n) is 20.5. The predicted octanol–water partition coefficient (Wildman–Crippen LogP) is 8.32. The first kappa shape index (κ1) is 52.7. The van der Waals surface area contributed by atoms with Crippen molar-refractivity contribution in [1.29, 1.82) is 0 Å². The van der Waals surface area contributed by atoms with Gasteiger partial charge in [0.2, 0.25) is 0 Å². The fraction of sp³-hybridized carbons (Fsp3) is 0.400. The molecular weight excluding hydrogens is 933 g/mol. The summed E-state index contributed by atoms with van der Waals surface area (Å²) in [5.41, 5.74) is 12.2. The summed E-state index contributed by atoms with van der Waals surface area (Å²) in [6, 6.07) is 47.4. The highest BCUT2D eigenvalue weighted by Gasteiger charge is 2.39. The topological polar surface area (TPSA) is 215 Å². The van der Waals surface area contributed by atoms with Crippen molar-refractivity contribution in [2.24, 2.45) is 0 Å². The predicted molar refractivity (Wildman–Crippen MR) is 289 cm³/mol. The van der Waals surface area contributed by atoms with Gasteiger partial charge in [0, 0.05) is 60.3 Å². The number of nitro benzene ring substituents is 2. The molecule has 388 valence electrons. The Morgan fingerprint density at radius 1 is 0.405 bits per heavy atom. The first-order chi connectivity index (χ1) is 36.0. The summed E-state index contributed by atoms with van der Waals surface area (Å²) in [5.74, 6) is 0.219.